The third-order valence-corrected chi connectivity index (χ3v) is 5.57. The highest BCUT2D eigenvalue weighted by molar-refractivity contribution is 5.76. The van der Waals surface area contributed by atoms with Crippen molar-refractivity contribution in [2.45, 2.75) is 58.0 Å². The molecule has 0 saturated heterocycles. The van der Waals surface area contributed by atoms with Gasteiger partial charge in [0.15, 0.2) is 0 Å². The van der Waals surface area contributed by atoms with Crippen molar-refractivity contribution in [3.05, 3.63) is 60.4 Å². The van der Waals surface area contributed by atoms with E-state index in [0.29, 0.717) is 12.0 Å². The Hall–Kier alpha value is -1.83. The van der Waals surface area contributed by atoms with Crippen LogP contribution >= 0.6 is 0 Å². The van der Waals surface area contributed by atoms with Crippen molar-refractivity contribution < 1.29 is 0 Å². The highest BCUT2D eigenvalue weighted by Gasteiger charge is 2.30. The zero-order valence-corrected chi connectivity index (χ0v) is 15.8. The molecule has 0 radical (unpaired) electrons. The van der Waals surface area contributed by atoms with Gasteiger partial charge in [-0.3, -0.25) is 4.99 Å². The lowest BCUT2D eigenvalue weighted by molar-refractivity contribution is 0.240. The van der Waals surface area contributed by atoms with Crippen LogP contribution in [0.1, 0.15) is 46.5 Å². The van der Waals surface area contributed by atoms with Crippen LogP contribution in [0.5, 0.6) is 0 Å². The van der Waals surface area contributed by atoms with E-state index in [1.54, 1.807) is 0 Å². The van der Waals surface area contributed by atoms with Crippen molar-refractivity contribution >= 4 is 6.21 Å². The second kappa shape index (κ2) is 7.83. The van der Waals surface area contributed by atoms with Crippen molar-refractivity contribution in [2.75, 3.05) is 7.05 Å². The van der Waals surface area contributed by atoms with Gasteiger partial charge in [0.2, 0.25) is 0 Å². The minimum atomic E-state index is -0.0527. The van der Waals surface area contributed by atoms with Crippen LogP contribution in [-0.2, 0) is 0 Å². The van der Waals surface area contributed by atoms with E-state index in [0.717, 1.165) is 25.7 Å². The summed E-state index contributed by atoms with van der Waals surface area (Å²) in [5, 5.41) is 0. The van der Waals surface area contributed by atoms with Gasteiger partial charge < -0.3 is 4.90 Å². The van der Waals surface area contributed by atoms with Gasteiger partial charge >= 0.3 is 0 Å². The van der Waals surface area contributed by atoms with Crippen molar-refractivity contribution in [3.8, 4) is 0 Å². The number of allylic oxidation sites excluding steroid dienone is 5. The summed E-state index contributed by atoms with van der Waals surface area (Å²) >= 11 is 0. The molecule has 24 heavy (non-hydrogen) atoms. The first-order valence-corrected chi connectivity index (χ1v) is 9.02. The van der Waals surface area contributed by atoms with Gasteiger partial charge in [0.05, 0.1) is 5.54 Å². The Labute approximate surface area is 148 Å². The maximum Gasteiger partial charge on any atom is 0.0863 e. The molecule has 0 aromatic heterocycles. The maximum atomic E-state index is 4.66. The summed E-state index contributed by atoms with van der Waals surface area (Å²) < 4.78 is 0. The number of aliphatic imine (C=N–C) groups is 1. The molecule has 1 aliphatic heterocycles. The third kappa shape index (κ3) is 4.17. The minimum Gasteiger partial charge on any atom is -0.375 e. The fraction of sp³-hybridized carbons (Fsp3) is 0.500. The molecule has 3 unspecified atom stereocenters. The largest absolute Gasteiger partial charge is 0.375 e. The molecule has 130 valence electrons. The fourth-order valence-corrected chi connectivity index (χ4v) is 3.37. The summed E-state index contributed by atoms with van der Waals surface area (Å²) in [6, 6.07) is 0.467. The SMILES string of the molecule is C=CCCC(=C)N(C)C(C)C(C)CC1=CCC2(C)N=CC=CC2=C1. The lowest BCUT2D eigenvalue weighted by Crippen LogP contribution is -2.34. The van der Waals surface area contributed by atoms with Gasteiger partial charge in [-0.2, -0.15) is 0 Å². The average Bonchev–Trinajstić information content (AvgIpc) is 2.58. The fourth-order valence-electron chi connectivity index (χ4n) is 3.37. The smallest absolute Gasteiger partial charge is 0.0863 e. The first kappa shape index (κ1) is 18.5. The Morgan fingerprint density at radius 2 is 2.21 bits per heavy atom. The van der Waals surface area contributed by atoms with Crippen molar-refractivity contribution in [1.29, 1.82) is 0 Å². The van der Waals surface area contributed by atoms with E-state index < -0.39 is 0 Å². The van der Waals surface area contributed by atoms with Crippen LogP contribution in [0, 0.1) is 5.92 Å². The zero-order valence-electron chi connectivity index (χ0n) is 15.8. The molecular formula is C22H32N2. The second-order valence-corrected chi connectivity index (χ2v) is 7.42. The van der Waals surface area contributed by atoms with Gasteiger partial charge in [0.1, 0.15) is 0 Å². The van der Waals surface area contributed by atoms with Crippen molar-refractivity contribution in [3.63, 3.8) is 0 Å². The normalized spacial score (nSPS) is 24.5. The molecule has 0 saturated carbocycles. The number of dihydropyridines is 1. The Balaban J connectivity index is 1.97. The van der Waals surface area contributed by atoms with Crippen LogP contribution in [0.2, 0.25) is 0 Å². The molecule has 0 bridgehead atoms. The average molecular weight is 325 g/mol. The van der Waals surface area contributed by atoms with Crippen LogP contribution in [0.15, 0.2) is 65.4 Å². The molecule has 1 aliphatic carbocycles. The molecule has 0 N–H and O–H groups in total. The molecule has 0 aromatic carbocycles. The van der Waals surface area contributed by atoms with Crippen molar-refractivity contribution in [2.24, 2.45) is 10.9 Å². The molecule has 0 amide bonds. The molecule has 0 spiro atoms. The van der Waals surface area contributed by atoms with Gasteiger partial charge in [-0.05, 0) is 57.1 Å². The summed E-state index contributed by atoms with van der Waals surface area (Å²) in [5.74, 6) is 0.569. The number of fused-ring (bicyclic) bond motifs is 1. The Morgan fingerprint density at radius 1 is 1.46 bits per heavy atom. The molecule has 2 rings (SSSR count). The Kier molecular flexibility index (Phi) is 6.04. The molecule has 2 nitrogen and oxygen atoms in total. The van der Waals surface area contributed by atoms with Gasteiger partial charge in [0, 0.05) is 25.0 Å². The predicted molar refractivity (Wildman–Crippen MR) is 106 cm³/mol. The quantitative estimate of drug-likeness (QED) is 0.541. The summed E-state index contributed by atoms with van der Waals surface area (Å²) in [4.78, 5) is 6.99. The second-order valence-electron chi connectivity index (χ2n) is 7.42. The first-order chi connectivity index (χ1) is 11.4. The molecule has 0 fully saturated rings. The summed E-state index contributed by atoms with van der Waals surface area (Å²) in [6.45, 7) is 14.9. The molecule has 1 heterocycles. The molecule has 3 atom stereocenters. The lowest BCUT2D eigenvalue weighted by atomic mass is 9.79. The highest BCUT2D eigenvalue weighted by Crippen LogP contribution is 2.36. The highest BCUT2D eigenvalue weighted by atomic mass is 15.1. The van der Waals surface area contributed by atoms with E-state index in [-0.39, 0.29) is 5.54 Å². The standard InChI is InChI=1S/C22H32N2/c1-7-8-10-18(3)24(6)19(4)17(2)15-20-12-13-22(5)21(16-20)11-9-14-23-22/h7,9,11-12,14,16-17,19H,1,3,8,10,13,15H2,2,4-6H3. The number of nitrogens with zero attached hydrogens (tertiary/aromatic N) is 2. The van der Waals surface area contributed by atoms with E-state index in [1.165, 1.54) is 16.8 Å². The predicted octanol–water partition coefficient (Wildman–Crippen LogP) is 5.47. The Morgan fingerprint density at radius 3 is 2.92 bits per heavy atom. The van der Waals surface area contributed by atoms with Gasteiger partial charge in [0.25, 0.3) is 0 Å². The van der Waals surface area contributed by atoms with Crippen LogP contribution in [0.3, 0.4) is 0 Å². The van der Waals surface area contributed by atoms with E-state index in [4.69, 9.17) is 0 Å². The Bertz CT molecular complexity index is 605. The van der Waals surface area contributed by atoms with Crippen LogP contribution in [-0.4, -0.2) is 29.7 Å². The molecule has 0 aromatic rings. The summed E-state index contributed by atoms with van der Waals surface area (Å²) in [6.07, 6.45) is 16.9. The third-order valence-electron chi connectivity index (χ3n) is 5.57. The van der Waals surface area contributed by atoms with Gasteiger partial charge in [-0.1, -0.05) is 43.4 Å². The van der Waals surface area contributed by atoms with Crippen LogP contribution < -0.4 is 0 Å². The van der Waals surface area contributed by atoms with Crippen LogP contribution in [0.4, 0.5) is 0 Å². The van der Waals surface area contributed by atoms with Gasteiger partial charge in [-0.15, -0.1) is 6.58 Å². The molecule has 2 aliphatic rings. The van der Waals surface area contributed by atoms with E-state index in [1.807, 2.05) is 18.4 Å². The summed E-state index contributed by atoms with van der Waals surface area (Å²) in [7, 11) is 2.16. The molecule has 2 heteroatoms. The molecular weight excluding hydrogens is 292 g/mol. The maximum absolute atomic E-state index is 4.66. The van der Waals surface area contributed by atoms with Gasteiger partial charge in [-0.25, -0.2) is 0 Å². The van der Waals surface area contributed by atoms with E-state index in [2.05, 4.69) is 69.1 Å². The summed E-state index contributed by atoms with van der Waals surface area (Å²) in [5.41, 5.74) is 3.92. The number of hydrogen-bond acceptors (Lipinski definition) is 2. The topological polar surface area (TPSA) is 15.6 Å². The monoisotopic (exact) mass is 324 g/mol. The zero-order chi connectivity index (χ0) is 17.7. The first-order valence-electron chi connectivity index (χ1n) is 9.02. The number of hydrogen-bond donors (Lipinski definition) is 0. The lowest BCUT2D eigenvalue weighted by Gasteiger charge is -2.35. The minimum absolute atomic E-state index is 0.0527. The van der Waals surface area contributed by atoms with E-state index >= 15 is 0 Å². The number of rotatable bonds is 8. The van der Waals surface area contributed by atoms with Crippen LogP contribution in [0.25, 0.3) is 0 Å². The van der Waals surface area contributed by atoms with Crippen molar-refractivity contribution in [1.82, 2.24) is 4.90 Å². The van der Waals surface area contributed by atoms with E-state index in [9.17, 15) is 0 Å².